The van der Waals surface area contributed by atoms with E-state index in [1.165, 1.54) is 0 Å². The Hall–Kier alpha value is -3.87. The van der Waals surface area contributed by atoms with Crippen LogP contribution in [0.4, 0.5) is 5.82 Å². The topological polar surface area (TPSA) is 67.8 Å². The van der Waals surface area contributed by atoms with Crippen LogP contribution in [-0.2, 0) is 4.79 Å². The van der Waals surface area contributed by atoms with Crippen molar-refractivity contribution in [3.63, 3.8) is 0 Å². The fraction of sp³-hybridized carbons (Fsp3) is 0.269. The van der Waals surface area contributed by atoms with Crippen LogP contribution in [0.3, 0.4) is 0 Å². The summed E-state index contributed by atoms with van der Waals surface area (Å²) >= 11 is 0. The molecule has 2 aromatic carbocycles. The van der Waals surface area contributed by atoms with Crippen molar-refractivity contribution >= 4 is 17.8 Å². The van der Waals surface area contributed by atoms with Gasteiger partial charge in [0, 0.05) is 37.8 Å². The molecule has 0 bridgehead atoms. The lowest BCUT2D eigenvalue weighted by molar-refractivity contribution is -0.126. The fourth-order valence-electron chi connectivity index (χ4n) is 3.68. The Morgan fingerprint density at radius 2 is 1.61 bits per heavy atom. The zero-order valence-electron chi connectivity index (χ0n) is 19.0. The van der Waals surface area contributed by atoms with E-state index in [0.29, 0.717) is 19.7 Å². The predicted octanol–water partition coefficient (Wildman–Crippen LogP) is 3.91. The van der Waals surface area contributed by atoms with Gasteiger partial charge in [-0.2, -0.15) is 0 Å². The number of carbonyl (C=O) groups is 1. The average Bonchev–Trinajstić information content (AvgIpc) is 2.88. The SMILES string of the molecule is CCOc1ccc(-c2ccc(N3CCN(C(=O)/C=C/c4ccc(OC)cc4)CC3)nn2)cc1. The summed E-state index contributed by atoms with van der Waals surface area (Å²) in [6, 6.07) is 19.4. The number of anilines is 1. The van der Waals surface area contributed by atoms with E-state index in [4.69, 9.17) is 9.47 Å². The molecule has 4 rings (SSSR count). The van der Waals surface area contributed by atoms with Crippen molar-refractivity contribution in [2.45, 2.75) is 6.92 Å². The Morgan fingerprint density at radius 3 is 2.21 bits per heavy atom. The molecule has 7 heteroatoms. The van der Waals surface area contributed by atoms with Crippen LogP contribution in [0.2, 0.25) is 0 Å². The summed E-state index contributed by atoms with van der Waals surface area (Å²) in [6.07, 6.45) is 3.46. The third-order valence-electron chi connectivity index (χ3n) is 5.56. The van der Waals surface area contributed by atoms with Gasteiger partial charge in [-0.15, -0.1) is 10.2 Å². The standard InChI is InChI=1S/C26H28N4O3/c1-3-33-23-11-7-21(8-12-23)24-13-14-25(28-27-24)29-16-18-30(19-17-29)26(31)15-6-20-4-9-22(32-2)10-5-20/h4-15H,3,16-19H2,1-2H3/b15-6+. The Morgan fingerprint density at radius 1 is 0.909 bits per heavy atom. The molecule has 3 aromatic rings. The Balaban J connectivity index is 1.30. The van der Waals surface area contributed by atoms with Crippen LogP contribution in [0.5, 0.6) is 11.5 Å². The molecule has 1 aliphatic rings. The van der Waals surface area contributed by atoms with Crippen molar-refractivity contribution in [2.75, 3.05) is 44.8 Å². The van der Waals surface area contributed by atoms with Crippen LogP contribution in [0.1, 0.15) is 12.5 Å². The molecule has 1 fully saturated rings. The number of hydrogen-bond acceptors (Lipinski definition) is 6. The zero-order valence-corrected chi connectivity index (χ0v) is 19.0. The van der Waals surface area contributed by atoms with Crippen LogP contribution in [0, 0.1) is 0 Å². The van der Waals surface area contributed by atoms with E-state index in [1.807, 2.05) is 78.6 Å². The molecule has 0 saturated carbocycles. The van der Waals surface area contributed by atoms with Gasteiger partial charge in [0.25, 0.3) is 0 Å². The molecule has 33 heavy (non-hydrogen) atoms. The minimum atomic E-state index is 0.0161. The van der Waals surface area contributed by atoms with Gasteiger partial charge in [0.2, 0.25) is 5.91 Å². The maximum Gasteiger partial charge on any atom is 0.246 e. The summed E-state index contributed by atoms with van der Waals surface area (Å²) in [5.74, 6) is 2.48. The second-order valence-electron chi connectivity index (χ2n) is 7.65. The maximum absolute atomic E-state index is 12.6. The molecule has 0 radical (unpaired) electrons. The van der Waals surface area contributed by atoms with Crippen molar-refractivity contribution in [1.82, 2.24) is 15.1 Å². The van der Waals surface area contributed by atoms with E-state index in [-0.39, 0.29) is 5.91 Å². The molecule has 0 atom stereocenters. The highest BCUT2D eigenvalue weighted by Crippen LogP contribution is 2.22. The van der Waals surface area contributed by atoms with E-state index in [1.54, 1.807) is 13.2 Å². The maximum atomic E-state index is 12.6. The minimum Gasteiger partial charge on any atom is -0.497 e. The van der Waals surface area contributed by atoms with Crippen LogP contribution >= 0.6 is 0 Å². The molecule has 0 spiro atoms. The summed E-state index contributed by atoms with van der Waals surface area (Å²) < 4.78 is 10.6. The van der Waals surface area contributed by atoms with Crippen molar-refractivity contribution < 1.29 is 14.3 Å². The number of aromatic nitrogens is 2. The molecular formula is C26H28N4O3. The van der Waals surface area contributed by atoms with Gasteiger partial charge in [0.15, 0.2) is 5.82 Å². The lowest BCUT2D eigenvalue weighted by atomic mass is 10.1. The largest absolute Gasteiger partial charge is 0.497 e. The highest BCUT2D eigenvalue weighted by atomic mass is 16.5. The third kappa shape index (κ3) is 5.68. The van der Waals surface area contributed by atoms with Gasteiger partial charge in [0.1, 0.15) is 11.5 Å². The highest BCUT2D eigenvalue weighted by Gasteiger charge is 2.21. The van der Waals surface area contributed by atoms with Gasteiger partial charge >= 0.3 is 0 Å². The number of ether oxygens (including phenoxy) is 2. The van der Waals surface area contributed by atoms with Gasteiger partial charge < -0.3 is 19.3 Å². The van der Waals surface area contributed by atoms with E-state index in [9.17, 15) is 4.79 Å². The molecule has 7 nitrogen and oxygen atoms in total. The normalized spacial score (nSPS) is 13.9. The van der Waals surface area contributed by atoms with E-state index >= 15 is 0 Å². The molecule has 0 unspecified atom stereocenters. The number of hydrogen-bond donors (Lipinski definition) is 0. The van der Waals surface area contributed by atoms with Crippen LogP contribution in [0.25, 0.3) is 17.3 Å². The van der Waals surface area contributed by atoms with Crippen LogP contribution in [0.15, 0.2) is 66.7 Å². The smallest absolute Gasteiger partial charge is 0.246 e. The molecule has 2 heterocycles. The summed E-state index contributed by atoms with van der Waals surface area (Å²) in [7, 11) is 1.63. The molecule has 1 aliphatic heterocycles. The van der Waals surface area contributed by atoms with Gasteiger partial charge in [-0.05, 0) is 67.1 Å². The molecule has 1 aromatic heterocycles. The number of piperazine rings is 1. The number of rotatable bonds is 7. The molecule has 0 aliphatic carbocycles. The molecular weight excluding hydrogens is 416 g/mol. The molecule has 0 N–H and O–H groups in total. The summed E-state index contributed by atoms with van der Waals surface area (Å²) in [6.45, 7) is 5.35. The molecule has 1 amide bonds. The van der Waals surface area contributed by atoms with Crippen molar-refractivity contribution in [3.8, 4) is 22.8 Å². The Bertz CT molecular complexity index is 1070. The first kappa shape index (κ1) is 22.3. The first-order valence-electron chi connectivity index (χ1n) is 11.1. The lowest BCUT2D eigenvalue weighted by Gasteiger charge is -2.34. The van der Waals surface area contributed by atoms with E-state index in [2.05, 4.69) is 15.1 Å². The first-order chi connectivity index (χ1) is 16.2. The second-order valence-corrected chi connectivity index (χ2v) is 7.65. The summed E-state index contributed by atoms with van der Waals surface area (Å²) in [5.41, 5.74) is 2.78. The summed E-state index contributed by atoms with van der Waals surface area (Å²) in [5, 5.41) is 8.81. The van der Waals surface area contributed by atoms with E-state index < -0.39 is 0 Å². The first-order valence-corrected chi connectivity index (χ1v) is 11.1. The molecule has 1 saturated heterocycles. The van der Waals surface area contributed by atoms with Gasteiger partial charge in [-0.1, -0.05) is 12.1 Å². The second kappa shape index (κ2) is 10.6. The van der Waals surface area contributed by atoms with Crippen LogP contribution in [-0.4, -0.2) is 60.9 Å². The minimum absolute atomic E-state index is 0.0161. The quantitative estimate of drug-likeness (QED) is 0.515. The zero-order chi connectivity index (χ0) is 23.0. The van der Waals surface area contributed by atoms with E-state index in [0.717, 1.165) is 47.2 Å². The van der Waals surface area contributed by atoms with Gasteiger partial charge in [-0.25, -0.2) is 0 Å². The summed E-state index contributed by atoms with van der Waals surface area (Å²) in [4.78, 5) is 16.6. The van der Waals surface area contributed by atoms with Crippen molar-refractivity contribution in [3.05, 3.63) is 72.3 Å². The predicted molar refractivity (Wildman–Crippen MR) is 129 cm³/mol. The number of amides is 1. The lowest BCUT2D eigenvalue weighted by Crippen LogP contribution is -2.48. The van der Waals surface area contributed by atoms with Crippen molar-refractivity contribution in [2.24, 2.45) is 0 Å². The number of methoxy groups -OCH3 is 1. The molecule has 170 valence electrons. The number of carbonyl (C=O) groups excluding carboxylic acids is 1. The van der Waals surface area contributed by atoms with Crippen LogP contribution < -0.4 is 14.4 Å². The number of benzene rings is 2. The number of nitrogens with zero attached hydrogens (tertiary/aromatic N) is 4. The monoisotopic (exact) mass is 444 g/mol. The Labute approximate surface area is 194 Å². The fourth-order valence-corrected chi connectivity index (χ4v) is 3.68. The van der Waals surface area contributed by atoms with Crippen molar-refractivity contribution in [1.29, 1.82) is 0 Å². The van der Waals surface area contributed by atoms with Gasteiger partial charge in [0.05, 0.1) is 19.4 Å². The third-order valence-corrected chi connectivity index (χ3v) is 5.56. The van der Waals surface area contributed by atoms with Gasteiger partial charge in [-0.3, -0.25) is 4.79 Å². The average molecular weight is 445 g/mol. The highest BCUT2D eigenvalue weighted by molar-refractivity contribution is 5.92. The Kier molecular flexibility index (Phi) is 7.19.